The topological polar surface area (TPSA) is 46.0 Å². The molecule has 17 heavy (non-hydrogen) atoms. The molecule has 0 fully saturated rings. The predicted molar refractivity (Wildman–Crippen MR) is 68.3 cm³/mol. The molecule has 1 N–H and O–H groups in total. The Balaban J connectivity index is 2.59. The highest BCUT2D eigenvalue weighted by atomic mass is 19.1. The Morgan fingerprint density at radius 1 is 1.65 bits per heavy atom. The van der Waals surface area contributed by atoms with Crippen LogP contribution in [-0.2, 0) is 4.74 Å². The summed E-state index contributed by atoms with van der Waals surface area (Å²) in [5.74, 6) is 0. The van der Waals surface area contributed by atoms with Crippen molar-refractivity contribution < 1.29 is 9.13 Å². The third kappa shape index (κ3) is 4.75. The van der Waals surface area contributed by atoms with Crippen molar-refractivity contribution in [1.29, 1.82) is 0 Å². The van der Waals surface area contributed by atoms with Gasteiger partial charge in [0, 0.05) is 20.1 Å². The minimum Gasteiger partial charge on any atom is -0.370 e. The van der Waals surface area contributed by atoms with E-state index in [0.717, 1.165) is 17.7 Å². The molecule has 0 radical (unpaired) electrons. The summed E-state index contributed by atoms with van der Waals surface area (Å²) in [6.45, 7) is 5.05. The zero-order chi connectivity index (χ0) is 12.7. The Labute approximate surface area is 102 Å². The Morgan fingerprint density at radius 2 is 2.41 bits per heavy atom. The quantitative estimate of drug-likeness (QED) is 0.439. The first-order valence-corrected chi connectivity index (χ1v) is 5.85. The van der Waals surface area contributed by atoms with E-state index in [1.165, 1.54) is 0 Å². The van der Waals surface area contributed by atoms with Crippen molar-refractivity contribution in [3.8, 4) is 0 Å². The first-order valence-electron chi connectivity index (χ1n) is 5.85. The molecular weight excluding hydrogens is 221 g/mol. The van der Waals surface area contributed by atoms with Gasteiger partial charge in [0.05, 0.1) is 18.5 Å². The van der Waals surface area contributed by atoms with Gasteiger partial charge in [0.25, 0.3) is 0 Å². The Hall–Kier alpha value is -1.07. The van der Waals surface area contributed by atoms with Crippen molar-refractivity contribution in [2.45, 2.75) is 32.7 Å². The molecule has 0 bridgehead atoms. The number of nitrogens with one attached hydrogen (secondary N) is 1. The van der Waals surface area contributed by atoms with E-state index in [0.29, 0.717) is 19.7 Å². The zero-order valence-electron chi connectivity index (χ0n) is 10.7. The Kier molecular flexibility index (Phi) is 6.00. The van der Waals surface area contributed by atoms with Crippen molar-refractivity contribution in [1.82, 2.24) is 5.32 Å². The molecule has 5 heteroatoms. The molecule has 0 aromatic heterocycles. The summed E-state index contributed by atoms with van der Waals surface area (Å²) in [6, 6.07) is -0.0992. The molecule has 1 atom stereocenters. The lowest BCUT2D eigenvalue weighted by molar-refractivity contribution is 0.174. The van der Waals surface area contributed by atoms with E-state index in [1.807, 2.05) is 6.92 Å². The molecule has 1 unspecified atom stereocenters. The van der Waals surface area contributed by atoms with Gasteiger partial charge in [0.15, 0.2) is 0 Å². The number of amidine groups is 1. The van der Waals surface area contributed by atoms with Gasteiger partial charge in [-0.1, -0.05) is 13.0 Å². The molecule has 1 heterocycles. The average molecular weight is 241 g/mol. The molecule has 0 saturated heterocycles. The van der Waals surface area contributed by atoms with Crippen LogP contribution in [0.1, 0.15) is 26.7 Å². The molecule has 0 aliphatic carbocycles. The predicted octanol–water partition coefficient (Wildman–Crippen LogP) is 2.08. The summed E-state index contributed by atoms with van der Waals surface area (Å²) >= 11 is 0. The van der Waals surface area contributed by atoms with Crippen LogP contribution in [0.3, 0.4) is 0 Å². The SMILES string of the molecule is CC/C=C(/C)C1=NC(F)=NC(CNCOC)C1. The number of aliphatic imine (C=N–C) groups is 2. The van der Waals surface area contributed by atoms with Crippen molar-refractivity contribution in [3.05, 3.63) is 11.6 Å². The molecule has 96 valence electrons. The number of halogens is 1. The summed E-state index contributed by atoms with van der Waals surface area (Å²) in [6.07, 6.45) is 3.03. The summed E-state index contributed by atoms with van der Waals surface area (Å²) in [5, 5.41) is 3.05. The fourth-order valence-electron chi connectivity index (χ4n) is 1.72. The Bertz CT molecular complexity index is 337. The maximum Gasteiger partial charge on any atom is 0.304 e. The van der Waals surface area contributed by atoms with E-state index in [4.69, 9.17) is 4.74 Å². The second kappa shape index (κ2) is 7.29. The largest absolute Gasteiger partial charge is 0.370 e. The third-order valence-corrected chi connectivity index (χ3v) is 2.54. The lowest BCUT2D eigenvalue weighted by Crippen LogP contribution is -2.31. The summed E-state index contributed by atoms with van der Waals surface area (Å²) in [5.41, 5.74) is 1.83. The molecule has 1 rings (SSSR count). The first kappa shape index (κ1) is 14.0. The molecule has 0 aromatic rings. The van der Waals surface area contributed by atoms with Gasteiger partial charge in [-0.2, -0.15) is 4.39 Å². The normalized spacial score (nSPS) is 21.2. The van der Waals surface area contributed by atoms with E-state index < -0.39 is 6.09 Å². The van der Waals surface area contributed by atoms with Crippen LogP contribution < -0.4 is 5.32 Å². The minimum atomic E-state index is -0.626. The van der Waals surface area contributed by atoms with Crippen molar-refractivity contribution >= 4 is 11.8 Å². The smallest absolute Gasteiger partial charge is 0.304 e. The molecule has 1 aliphatic rings. The average Bonchev–Trinajstić information content (AvgIpc) is 2.29. The van der Waals surface area contributed by atoms with Crippen LogP contribution in [0.4, 0.5) is 4.39 Å². The summed E-state index contributed by atoms with van der Waals surface area (Å²) < 4.78 is 18.1. The number of allylic oxidation sites excluding steroid dienone is 2. The molecule has 0 amide bonds. The van der Waals surface area contributed by atoms with Gasteiger partial charge in [-0.15, -0.1) is 0 Å². The van der Waals surface area contributed by atoms with Crippen LogP contribution in [0.2, 0.25) is 0 Å². The lowest BCUT2D eigenvalue weighted by atomic mass is 10.0. The molecule has 0 aromatic carbocycles. The fraction of sp³-hybridized carbons (Fsp3) is 0.667. The third-order valence-electron chi connectivity index (χ3n) is 2.54. The van der Waals surface area contributed by atoms with E-state index in [2.05, 4.69) is 28.3 Å². The van der Waals surface area contributed by atoms with Gasteiger partial charge in [-0.25, -0.2) is 9.98 Å². The monoisotopic (exact) mass is 241 g/mol. The second-order valence-corrected chi connectivity index (χ2v) is 4.00. The standard InChI is InChI=1S/C12H20FN3O/c1-4-5-9(2)11-6-10(7-14-8-17-3)15-12(13)16-11/h5,10,14H,4,6-8H2,1-3H3/b9-5-. The van der Waals surface area contributed by atoms with Crippen LogP contribution in [0.25, 0.3) is 0 Å². The van der Waals surface area contributed by atoms with Crippen molar-refractivity contribution in [3.63, 3.8) is 0 Å². The lowest BCUT2D eigenvalue weighted by Gasteiger charge is -2.18. The number of hydrogen-bond acceptors (Lipinski definition) is 4. The maximum atomic E-state index is 13.3. The second-order valence-electron chi connectivity index (χ2n) is 4.00. The maximum absolute atomic E-state index is 13.3. The highest BCUT2D eigenvalue weighted by Gasteiger charge is 2.18. The van der Waals surface area contributed by atoms with Gasteiger partial charge < -0.3 is 4.74 Å². The van der Waals surface area contributed by atoms with Crippen LogP contribution in [-0.4, -0.2) is 38.2 Å². The van der Waals surface area contributed by atoms with Crippen LogP contribution in [0, 0.1) is 0 Å². The van der Waals surface area contributed by atoms with Crippen LogP contribution in [0.5, 0.6) is 0 Å². The molecule has 0 spiro atoms. The number of ether oxygens (including phenoxy) is 1. The Morgan fingerprint density at radius 3 is 3.06 bits per heavy atom. The van der Waals surface area contributed by atoms with Gasteiger partial charge in [0.2, 0.25) is 0 Å². The van der Waals surface area contributed by atoms with E-state index in [1.54, 1.807) is 7.11 Å². The van der Waals surface area contributed by atoms with Gasteiger partial charge >= 0.3 is 6.09 Å². The minimum absolute atomic E-state index is 0.0992. The molecule has 1 aliphatic heterocycles. The van der Waals surface area contributed by atoms with E-state index >= 15 is 0 Å². The number of hydrogen-bond donors (Lipinski definition) is 1. The van der Waals surface area contributed by atoms with Crippen molar-refractivity contribution in [2.24, 2.45) is 9.98 Å². The van der Waals surface area contributed by atoms with Crippen molar-refractivity contribution in [2.75, 3.05) is 20.4 Å². The van der Waals surface area contributed by atoms with Gasteiger partial charge in [-0.05, 0) is 18.9 Å². The highest BCUT2D eigenvalue weighted by Crippen LogP contribution is 2.14. The summed E-state index contributed by atoms with van der Waals surface area (Å²) in [4.78, 5) is 7.72. The molecule has 4 nitrogen and oxygen atoms in total. The van der Waals surface area contributed by atoms with Crippen LogP contribution in [0.15, 0.2) is 21.6 Å². The molecular formula is C12H20FN3O. The molecule has 0 saturated carbocycles. The number of rotatable bonds is 6. The number of methoxy groups -OCH3 is 1. The summed E-state index contributed by atoms with van der Waals surface area (Å²) in [7, 11) is 1.61. The first-order chi connectivity index (χ1) is 8.17. The van der Waals surface area contributed by atoms with E-state index in [-0.39, 0.29) is 6.04 Å². The zero-order valence-corrected chi connectivity index (χ0v) is 10.7. The highest BCUT2D eigenvalue weighted by molar-refractivity contribution is 6.06. The number of nitrogens with zero attached hydrogens (tertiary/aromatic N) is 2. The fourth-order valence-corrected chi connectivity index (χ4v) is 1.72. The van der Waals surface area contributed by atoms with Crippen LogP contribution >= 0.6 is 0 Å². The van der Waals surface area contributed by atoms with E-state index in [9.17, 15) is 4.39 Å². The van der Waals surface area contributed by atoms with Gasteiger partial charge in [-0.3, -0.25) is 5.32 Å². The van der Waals surface area contributed by atoms with Gasteiger partial charge in [0.1, 0.15) is 0 Å².